The summed E-state index contributed by atoms with van der Waals surface area (Å²) in [6.07, 6.45) is 18.0. The van der Waals surface area contributed by atoms with Crippen molar-refractivity contribution in [2.75, 3.05) is 0 Å². The first-order valence-corrected chi connectivity index (χ1v) is 37.3. The van der Waals surface area contributed by atoms with Crippen molar-refractivity contribution in [3.8, 4) is 22.8 Å². The van der Waals surface area contributed by atoms with Gasteiger partial charge in [0, 0.05) is 0 Å². The van der Waals surface area contributed by atoms with Crippen LogP contribution in [-0.2, 0) is 25.9 Å². The van der Waals surface area contributed by atoms with E-state index in [0.717, 1.165) is 48.5 Å². The van der Waals surface area contributed by atoms with Gasteiger partial charge in [-0.05, 0) is 0 Å². The molecule has 0 radical (unpaired) electrons. The molecule has 0 bridgehead atoms. The first-order chi connectivity index (χ1) is 28.4. The standard InChI is InChI=1S/C16H16N16.6C4H9.2Sn/c1-4-11(15-21-29-31(23-15)8-2-6-13-17-25-26-18-13)10-12(5-1)16-22-30-32(24-16)9-3-7-14-19-27-28-20-14;6*1-3-4-2;;/h1,4-5,10H,2-3,6-9H2;6*1,3-4H2,2H3;;/q-2;;;;;;;2*+1. The van der Waals surface area contributed by atoms with Gasteiger partial charge < -0.3 is 0 Å². The monoisotopic (exact) mass is 1010 g/mol. The van der Waals surface area contributed by atoms with Gasteiger partial charge in [-0.1, -0.05) is 0 Å². The van der Waals surface area contributed by atoms with E-state index in [2.05, 4.69) is 88.8 Å². The van der Waals surface area contributed by atoms with Crippen molar-refractivity contribution in [3.05, 3.63) is 35.9 Å². The molecule has 0 unspecified atom stereocenters. The van der Waals surface area contributed by atoms with Crippen molar-refractivity contribution in [1.29, 1.82) is 0 Å². The Balaban J connectivity index is 1.14. The van der Waals surface area contributed by atoms with Gasteiger partial charge in [-0.25, -0.2) is 0 Å². The van der Waals surface area contributed by atoms with Crippen LogP contribution < -0.4 is 0 Å². The zero-order valence-electron chi connectivity index (χ0n) is 36.4. The summed E-state index contributed by atoms with van der Waals surface area (Å²) < 4.78 is 12.2. The van der Waals surface area contributed by atoms with E-state index < -0.39 is 37.3 Å². The van der Waals surface area contributed by atoms with Gasteiger partial charge in [0.05, 0.1) is 0 Å². The number of hydrogen-bond acceptors (Lipinski definition) is 12. The topological polar surface area (TPSA) is 174 Å². The van der Waals surface area contributed by atoms with Gasteiger partial charge in [-0.2, -0.15) is 0 Å². The number of aryl methyl sites for hydroxylation is 4. The van der Waals surface area contributed by atoms with Gasteiger partial charge in [0.15, 0.2) is 0 Å². The Labute approximate surface area is 354 Å². The molecule has 0 N–H and O–H groups in total. The Bertz CT molecular complexity index is 1710. The maximum absolute atomic E-state index is 5.03. The Hall–Kier alpha value is -2.90. The molecule has 0 fully saturated rings. The van der Waals surface area contributed by atoms with E-state index in [1.807, 2.05) is 24.3 Å². The summed E-state index contributed by atoms with van der Waals surface area (Å²) in [6.45, 7) is 15.0. The molecule has 0 saturated heterocycles. The fourth-order valence-electron chi connectivity index (χ4n) is 7.94. The van der Waals surface area contributed by atoms with Crippen molar-refractivity contribution in [2.24, 2.45) is 0 Å². The van der Waals surface area contributed by atoms with Crippen LogP contribution in [0.1, 0.15) is 143 Å². The van der Waals surface area contributed by atoms with Crippen molar-refractivity contribution in [3.63, 3.8) is 0 Å². The summed E-state index contributed by atoms with van der Waals surface area (Å²) in [4.78, 5) is 3.32. The van der Waals surface area contributed by atoms with Crippen LogP contribution in [0.15, 0.2) is 24.3 Å². The van der Waals surface area contributed by atoms with Crippen molar-refractivity contribution >= 4 is 37.3 Å². The normalized spacial score (nSPS) is 12.2. The molecule has 0 spiro atoms. The van der Waals surface area contributed by atoms with Crippen molar-refractivity contribution < 1.29 is 0 Å². The Morgan fingerprint density at radius 2 is 0.793 bits per heavy atom. The van der Waals surface area contributed by atoms with Crippen LogP contribution in [0.4, 0.5) is 0 Å². The Kier molecular flexibility index (Phi) is 19.4. The summed E-state index contributed by atoms with van der Waals surface area (Å²) >= 11 is -5.52. The van der Waals surface area contributed by atoms with Crippen LogP contribution in [0, 0.1) is 0 Å². The summed E-state index contributed by atoms with van der Waals surface area (Å²) in [7, 11) is 0. The van der Waals surface area contributed by atoms with E-state index in [9.17, 15) is 0 Å². The number of hydrogen-bond donors (Lipinski definition) is 0. The third-order valence-electron chi connectivity index (χ3n) is 11.5. The molecule has 1 aromatic carbocycles. The summed E-state index contributed by atoms with van der Waals surface area (Å²) in [5.41, 5.74) is 1.71. The van der Waals surface area contributed by atoms with Crippen LogP contribution >= 0.6 is 0 Å². The summed E-state index contributed by atoms with van der Waals surface area (Å²) in [5.74, 6) is 2.78. The fourth-order valence-corrected chi connectivity index (χ4v) is 36.2. The molecule has 5 aromatic rings. The maximum atomic E-state index is 5.03. The van der Waals surface area contributed by atoms with E-state index in [1.165, 1.54) is 104 Å². The van der Waals surface area contributed by atoms with Gasteiger partial charge in [-0.3, -0.25) is 0 Å². The average molecular weight is 1010 g/mol. The zero-order valence-corrected chi connectivity index (χ0v) is 42.1. The number of aromatic nitrogens is 16. The number of tetrazole rings is 4. The number of rotatable bonds is 30. The van der Waals surface area contributed by atoms with Crippen molar-refractivity contribution in [1.82, 2.24) is 77.3 Å². The van der Waals surface area contributed by atoms with Crippen LogP contribution in [0.2, 0.25) is 26.6 Å². The molecule has 4 aromatic heterocycles. The Morgan fingerprint density at radius 1 is 0.431 bits per heavy atom. The zero-order chi connectivity index (χ0) is 41.1. The SMILES string of the molecule is CCC[CH2][Sn]([CH2]CCC)([CH2]CCC)[n]1nnc(CCCn2nnc(-c3cccc(-c4nnn(CCCc5nn[n]([Sn]([CH2]CCC)([CH2]CCC)[CH2]CCC)n5)n4)c3)n2)n1. The van der Waals surface area contributed by atoms with Gasteiger partial charge in [0.25, 0.3) is 0 Å². The van der Waals surface area contributed by atoms with Gasteiger partial charge >= 0.3 is 357 Å². The molecular formula is C40H70N16Sn2. The third kappa shape index (κ3) is 13.0. The van der Waals surface area contributed by atoms with E-state index >= 15 is 0 Å². The van der Waals surface area contributed by atoms with Crippen LogP contribution in [0.3, 0.4) is 0 Å². The molecule has 0 aliphatic rings. The molecule has 18 heteroatoms. The molecule has 318 valence electrons. The number of benzene rings is 1. The van der Waals surface area contributed by atoms with Gasteiger partial charge in [-0.15, -0.1) is 0 Å². The second kappa shape index (κ2) is 24.4. The fraction of sp³-hybridized carbons (Fsp3) is 0.750. The minimum atomic E-state index is -2.76. The summed E-state index contributed by atoms with van der Waals surface area (Å²) in [6, 6.07) is 7.93. The van der Waals surface area contributed by atoms with Crippen molar-refractivity contribution in [2.45, 2.75) is 184 Å². The molecular weight excluding hydrogens is 942 g/mol. The van der Waals surface area contributed by atoms with E-state index in [4.69, 9.17) is 20.4 Å². The van der Waals surface area contributed by atoms with E-state index in [-0.39, 0.29) is 0 Å². The third-order valence-corrected chi connectivity index (χ3v) is 39.5. The summed E-state index contributed by atoms with van der Waals surface area (Å²) in [5, 5.41) is 55.4. The second-order valence-corrected chi connectivity index (χ2v) is 41.1. The predicted octanol–water partition coefficient (Wildman–Crippen LogP) is 8.62. The minimum absolute atomic E-state index is 0.563. The second-order valence-electron chi connectivity index (χ2n) is 16.3. The molecule has 5 rings (SSSR count). The number of nitrogens with zero attached hydrogens (tertiary/aromatic N) is 16. The Morgan fingerprint density at radius 3 is 1.14 bits per heavy atom. The molecule has 0 atom stereocenters. The molecule has 16 nitrogen and oxygen atoms in total. The molecule has 0 saturated carbocycles. The number of unbranched alkanes of at least 4 members (excludes halogenated alkanes) is 6. The molecule has 58 heavy (non-hydrogen) atoms. The van der Waals surface area contributed by atoms with E-state index in [0.29, 0.717) is 24.7 Å². The average Bonchev–Trinajstić information content (AvgIpc) is 4.10. The molecule has 0 aliphatic heterocycles. The van der Waals surface area contributed by atoms with Crippen LogP contribution in [0.25, 0.3) is 22.8 Å². The van der Waals surface area contributed by atoms with E-state index in [1.54, 1.807) is 9.59 Å². The first kappa shape index (κ1) is 46.2. The molecule has 0 aliphatic carbocycles. The van der Waals surface area contributed by atoms with Gasteiger partial charge in [0.1, 0.15) is 0 Å². The quantitative estimate of drug-likeness (QED) is 0.0401. The first-order valence-electron chi connectivity index (χ1n) is 22.7. The van der Waals surface area contributed by atoms with Gasteiger partial charge in [0.2, 0.25) is 0 Å². The molecule has 4 heterocycles. The van der Waals surface area contributed by atoms with Crippen LogP contribution in [-0.4, -0.2) is 115 Å². The van der Waals surface area contributed by atoms with Crippen LogP contribution in [0.5, 0.6) is 0 Å². The predicted molar refractivity (Wildman–Crippen MR) is 233 cm³/mol. The molecule has 0 amide bonds.